The quantitative estimate of drug-likeness (QED) is 0.797. The van der Waals surface area contributed by atoms with Crippen molar-refractivity contribution in [2.45, 2.75) is 39.3 Å². The zero-order valence-corrected chi connectivity index (χ0v) is 11.9. The molecule has 1 N–H and O–H groups in total. The SMILES string of the molecule is CCOC(=O)C1=C[C@@H](NC(=O)OC(C)(C)C)CS1. The van der Waals surface area contributed by atoms with E-state index in [1.54, 1.807) is 33.8 Å². The van der Waals surface area contributed by atoms with Gasteiger partial charge >= 0.3 is 12.1 Å². The van der Waals surface area contributed by atoms with Gasteiger partial charge in [-0.15, -0.1) is 11.8 Å². The first-order valence-electron chi connectivity index (χ1n) is 5.83. The molecule has 1 rings (SSSR count). The van der Waals surface area contributed by atoms with Gasteiger partial charge in [0, 0.05) is 5.75 Å². The van der Waals surface area contributed by atoms with E-state index in [4.69, 9.17) is 9.47 Å². The highest BCUT2D eigenvalue weighted by atomic mass is 32.2. The van der Waals surface area contributed by atoms with Gasteiger partial charge in [-0.05, 0) is 33.8 Å². The maximum Gasteiger partial charge on any atom is 0.408 e. The Morgan fingerprint density at radius 2 is 2.17 bits per heavy atom. The molecule has 0 spiro atoms. The molecule has 0 aromatic heterocycles. The van der Waals surface area contributed by atoms with Gasteiger partial charge in [0.2, 0.25) is 0 Å². The Morgan fingerprint density at radius 3 is 2.72 bits per heavy atom. The van der Waals surface area contributed by atoms with Crippen LogP contribution >= 0.6 is 11.8 Å². The zero-order valence-electron chi connectivity index (χ0n) is 11.1. The normalized spacial score (nSPS) is 19.1. The Kier molecular flexibility index (Phi) is 5.07. The molecule has 0 bridgehead atoms. The Balaban J connectivity index is 2.46. The number of amides is 1. The van der Waals surface area contributed by atoms with Crippen LogP contribution in [0.2, 0.25) is 0 Å². The van der Waals surface area contributed by atoms with Crippen molar-refractivity contribution in [1.29, 1.82) is 0 Å². The molecule has 102 valence electrons. The molecule has 1 heterocycles. The van der Waals surface area contributed by atoms with Gasteiger partial charge in [-0.2, -0.15) is 0 Å². The van der Waals surface area contributed by atoms with Gasteiger partial charge in [0.15, 0.2) is 0 Å². The third kappa shape index (κ3) is 5.00. The van der Waals surface area contributed by atoms with Crippen molar-refractivity contribution >= 4 is 23.8 Å². The summed E-state index contributed by atoms with van der Waals surface area (Å²) in [5, 5.41) is 2.70. The smallest absolute Gasteiger partial charge is 0.408 e. The van der Waals surface area contributed by atoms with Crippen LogP contribution in [0.4, 0.5) is 4.79 Å². The molecule has 6 heteroatoms. The van der Waals surface area contributed by atoms with Crippen molar-refractivity contribution in [1.82, 2.24) is 5.32 Å². The average molecular weight is 273 g/mol. The molecule has 0 saturated heterocycles. The van der Waals surface area contributed by atoms with E-state index in [0.717, 1.165) is 0 Å². The van der Waals surface area contributed by atoms with E-state index < -0.39 is 11.7 Å². The number of carbonyl (C=O) groups is 2. The molecule has 0 radical (unpaired) electrons. The topological polar surface area (TPSA) is 64.6 Å². The lowest BCUT2D eigenvalue weighted by atomic mass is 10.2. The van der Waals surface area contributed by atoms with Crippen molar-refractivity contribution in [3.8, 4) is 0 Å². The molecule has 5 nitrogen and oxygen atoms in total. The number of alkyl carbamates (subject to hydrolysis) is 1. The lowest BCUT2D eigenvalue weighted by Gasteiger charge is -2.21. The number of thioether (sulfide) groups is 1. The molecule has 0 aliphatic carbocycles. The van der Waals surface area contributed by atoms with E-state index >= 15 is 0 Å². The lowest BCUT2D eigenvalue weighted by molar-refractivity contribution is -0.137. The predicted octanol–water partition coefficient (Wildman–Crippen LogP) is 2.07. The third-order valence-electron chi connectivity index (χ3n) is 1.95. The minimum atomic E-state index is -0.524. The van der Waals surface area contributed by atoms with Crippen LogP contribution in [0.15, 0.2) is 11.0 Å². The van der Waals surface area contributed by atoms with Crippen molar-refractivity contribution in [2.75, 3.05) is 12.4 Å². The summed E-state index contributed by atoms with van der Waals surface area (Å²) >= 11 is 1.37. The summed E-state index contributed by atoms with van der Waals surface area (Å²) in [7, 11) is 0. The first-order valence-corrected chi connectivity index (χ1v) is 6.81. The third-order valence-corrected chi connectivity index (χ3v) is 3.09. The van der Waals surface area contributed by atoms with Crippen LogP contribution in [-0.4, -0.2) is 36.1 Å². The number of nitrogens with one attached hydrogen (secondary N) is 1. The molecular weight excluding hydrogens is 254 g/mol. The van der Waals surface area contributed by atoms with E-state index in [9.17, 15) is 9.59 Å². The lowest BCUT2D eigenvalue weighted by Crippen LogP contribution is -2.38. The fraction of sp³-hybridized carbons (Fsp3) is 0.667. The van der Waals surface area contributed by atoms with Crippen LogP contribution in [0, 0.1) is 0 Å². The minimum Gasteiger partial charge on any atom is -0.462 e. The number of ether oxygens (including phenoxy) is 2. The first kappa shape index (κ1) is 14.9. The molecular formula is C12H19NO4S. The summed E-state index contributed by atoms with van der Waals surface area (Å²) < 4.78 is 10.0. The molecule has 1 aliphatic heterocycles. The van der Waals surface area contributed by atoms with Crippen LogP contribution in [0.1, 0.15) is 27.7 Å². The highest BCUT2D eigenvalue weighted by Gasteiger charge is 2.25. The number of rotatable bonds is 3. The Labute approximate surface area is 111 Å². The second-order valence-electron chi connectivity index (χ2n) is 4.82. The van der Waals surface area contributed by atoms with Crippen LogP contribution < -0.4 is 5.32 Å². The van der Waals surface area contributed by atoms with Gasteiger partial charge in [0.25, 0.3) is 0 Å². The van der Waals surface area contributed by atoms with Gasteiger partial charge in [-0.3, -0.25) is 0 Å². The number of hydrogen-bond acceptors (Lipinski definition) is 5. The Hall–Kier alpha value is -1.17. The van der Waals surface area contributed by atoms with Gasteiger partial charge in [-0.25, -0.2) is 9.59 Å². The molecule has 0 aromatic rings. The largest absolute Gasteiger partial charge is 0.462 e. The van der Waals surface area contributed by atoms with Crippen molar-refractivity contribution in [3.05, 3.63) is 11.0 Å². The molecule has 0 unspecified atom stereocenters. The van der Waals surface area contributed by atoms with E-state index in [1.807, 2.05) is 0 Å². The molecule has 18 heavy (non-hydrogen) atoms. The van der Waals surface area contributed by atoms with E-state index in [-0.39, 0.29) is 12.0 Å². The van der Waals surface area contributed by atoms with Gasteiger partial charge in [-0.1, -0.05) is 0 Å². The van der Waals surface area contributed by atoms with Crippen LogP contribution in [0.5, 0.6) is 0 Å². The summed E-state index contributed by atoms with van der Waals surface area (Å²) in [5.74, 6) is 0.281. The Morgan fingerprint density at radius 1 is 1.50 bits per heavy atom. The van der Waals surface area contributed by atoms with Crippen molar-refractivity contribution in [2.24, 2.45) is 0 Å². The maximum absolute atomic E-state index is 11.5. The Bertz CT molecular complexity index is 360. The van der Waals surface area contributed by atoms with Crippen LogP contribution in [0.25, 0.3) is 0 Å². The van der Waals surface area contributed by atoms with Crippen molar-refractivity contribution in [3.63, 3.8) is 0 Å². The second-order valence-corrected chi connectivity index (χ2v) is 5.88. The summed E-state index contributed by atoms with van der Waals surface area (Å²) in [5.41, 5.74) is -0.524. The van der Waals surface area contributed by atoms with Crippen LogP contribution in [-0.2, 0) is 14.3 Å². The summed E-state index contributed by atoms with van der Waals surface area (Å²) in [4.78, 5) is 23.5. The second kappa shape index (κ2) is 6.13. The number of hydrogen-bond donors (Lipinski definition) is 1. The molecule has 1 aliphatic rings. The van der Waals surface area contributed by atoms with Gasteiger partial charge in [0.1, 0.15) is 5.60 Å². The van der Waals surface area contributed by atoms with Crippen molar-refractivity contribution < 1.29 is 19.1 Å². The summed E-state index contributed by atoms with van der Waals surface area (Å²) in [6, 6.07) is -0.191. The molecule has 1 amide bonds. The minimum absolute atomic E-state index is 0.191. The van der Waals surface area contributed by atoms with Gasteiger partial charge < -0.3 is 14.8 Å². The highest BCUT2D eigenvalue weighted by Crippen LogP contribution is 2.26. The monoisotopic (exact) mass is 273 g/mol. The van der Waals surface area contributed by atoms with E-state index in [0.29, 0.717) is 17.3 Å². The summed E-state index contributed by atoms with van der Waals surface area (Å²) in [6.45, 7) is 7.51. The molecule has 0 fully saturated rings. The van der Waals surface area contributed by atoms with Gasteiger partial charge in [0.05, 0.1) is 17.6 Å². The average Bonchev–Trinajstić information content (AvgIpc) is 2.63. The zero-order chi connectivity index (χ0) is 13.8. The standard InChI is InChI=1S/C12H19NO4S/c1-5-16-10(14)9-6-8(7-18-9)13-11(15)17-12(2,3)4/h6,8H,5,7H2,1-4H3,(H,13,15)/t8-/m1/s1. The fourth-order valence-electron chi connectivity index (χ4n) is 1.33. The number of carbonyl (C=O) groups excluding carboxylic acids is 2. The molecule has 1 atom stereocenters. The maximum atomic E-state index is 11.5. The fourth-order valence-corrected chi connectivity index (χ4v) is 2.31. The number of esters is 1. The first-order chi connectivity index (χ1) is 8.31. The summed E-state index contributed by atoms with van der Waals surface area (Å²) in [6.07, 6.45) is 1.22. The van der Waals surface area contributed by atoms with Crippen LogP contribution in [0.3, 0.4) is 0 Å². The molecule has 0 aromatic carbocycles. The highest BCUT2D eigenvalue weighted by molar-refractivity contribution is 8.04. The molecule has 0 saturated carbocycles. The van der Waals surface area contributed by atoms with E-state index in [2.05, 4.69) is 5.32 Å². The predicted molar refractivity (Wildman–Crippen MR) is 70.3 cm³/mol. The van der Waals surface area contributed by atoms with E-state index in [1.165, 1.54) is 11.8 Å².